The lowest BCUT2D eigenvalue weighted by atomic mass is 10.1. The summed E-state index contributed by atoms with van der Waals surface area (Å²) in [7, 11) is 0. The van der Waals surface area contributed by atoms with Crippen molar-refractivity contribution in [2.45, 2.75) is 19.9 Å². The Balaban J connectivity index is 2.20. The van der Waals surface area contributed by atoms with E-state index in [2.05, 4.69) is 21.2 Å². The van der Waals surface area contributed by atoms with Gasteiger partial charge in [0.05, 0.1) is 6.04 Å². The van der Waals surface area contributed by atoms with E-state index in [1.54, 1.807) is 6.07 Å². The Bertz CT molecular complexity index is 601. The van der Waals surface area contributed by atoms with Gasteiger partial charge in [-0.05, 0) is 43.7 Å². The van der Waals surface area contributed by atoms with Crippen LogP contribution in [-0.2, 0) is 0 Å². The van der Waals surface area contributed by atoms with Crippen molar-refractivity contribution in [3.63, 3.8) is 0 Å². The molecule has 2 rings (SSSR count). The van der Waals surface area contributed by atoms with Crippen molar-refractivity contribution in [2.75, 3.05) is 5.32 Å². The molecule has 0 radical (unpaired) electrons. The first-order chi connectivity index (χ1) is 8.97. The van der Waals surface area contributed by atoms with Gasteiger partial charge in [-0.3, -0.25) is 0 Å². The van der Waals surface area contributed by atoms with Crippen LogP contribution in [0.15, 0.2) is 40.9 Å². The van der Waals surface area contributed by atoms with E-state index in [1.165, 1.54) is 6.07 Å². The number of benzene rings is 2. The Morgan fingerprint density at radius 3 is 2.58 bits per heavy atom. The minimum absolute atomic E-state index is 0.0621. The van der Waals surface area contributed by atoms with Crippen LogP contribution in [0.3, 0.4) is 0 Å². The lowest BCUT2D eigenvalue weighted by Gasteiger charge is -2.17. The first kappa shape index (κ1) is 13.9. The minimum atomic E-state index is -0.408. The molecule has 0 amide bonds. The molecule has 2 nitrogen and oxygen atoms in total. The summed E-state index contributed by atoms with van der Waals surface area (Å²) in [4.78, 5) is 0. The van der Waals surface area contributed by atoms with Crippen LogP contribution in [0.1, 0.15) is 24.1 Å². The van der Waals surface area contributed by atoms with Gasteiger partial charge in [0.15, 0.2) is 0 Å². The number of nitrogens with one attached hydrogen (secondary N) is 1. The smallest absolute Gasteiger partial charge is 0.132 e. The molecule has 1 unspecified atom stereocenters. The predicted octanol–water partition coefficient (Wildman–Crippen LogP) is 4.78. The Morgan fingerprint density at radius 2 is 1.95 bits per heavy atom. The van der Waals surface area contributed by atoms with Crippen LogP contribution in [0, 0.1) is 12.7 Å². The number of hydrogen-bond acceptors (Lipinski definition) is 2. The van der Waals surface area contributed by atoms with E-state index in [0.29, 0.717) is 5.56 Å². The van der Waals surface area contributed by atoms with E-state index in [-0.39, 0.29) is 11.8 Å². The van der Waals surface area contributed by atoms with Crippen LogP contribution < -0.4 is 5.32 Å². The first-order valence-corrected chi connectivity index (χ1v) is 6.78. The van der Waals surface area contributed by atoms with Gasteiger partial charge in [0, 0.05) is 21.8 Å². The highest BCUT2D eigenvalue weighted by Crippen LogP contribution is 2.26. The maximum absolute atomic E-state index is 13.7. The molecule has 0 aliphatic heterocycles. The number of rotatable bonds is 3. The first-order valence-electron chi connectivity index (χ1n) is 5.98. The van der Waals surface area contributed by atoms with Crippen LogP contribution >= 0.6 is 15.9 Å². The van der Waals surface area contributed by atoms with E-state index in [0.717, 1.165) is 21.8 Å². The minimum Gasteiger partial charge on any atom is -0.508 e. The highest BCUT2D eigenvalue weighted by Gasteiger charge is 2.11. The SMILES string of the molecule is Cc1cc(NC(C)c2ccc(O)cc2F)ccc1Br. The largest absolute Gasteiger partial charge is 0.508 e. The molecule has 19 heavy (non-hydrogen) atoms. The molecule has 2 N–H and O–H groups in total. The summed E-state index contributed by atoms with van der Waals surface area (Å²) in [5.41, 5.74) is 2.57. The van der Waals surface area contributed by atoms with Gasteiger partial charge < -0.3 is 10.4 Å². The Kier molecular flexibility index (Phi) is 4.10. The monoisotopic (exact) mass is 323 g/mol. The summed E-state index contributed by atoms with van der Waals surface area (Å²) >= 11 is 3.44. The molecule has 1 atom stereocenters. The second-order valence-electron chi connectivity index (χ2n) is 4.54. The van der Waals surface area contributed by atoms with E-state index in [9.17, 15) is 9.50 Å². The third-order valence-electron chi connectivity index (χ3n) is 2.99. The fourth-order valence-electron chi connectivity index (χ4n) is 1.93. The normalized spacial score (nSPS) is 12.2. The Hall–Kier alpha value is -1.55. The lowest BCUT2D eigenvalue weighted by molar-refractivity contribution is 0.467. The second kappa shape index (κ2) is 5.61. The third kappa shape index (κ3) is 3.26. The number of anilines is 1. The van der Waals surface area contributed by atoms with Gasteiger partial charge in [-0.1, -0.05) is 22.0 Å². The van der Waals surface area contributed by atoms with Crippen molar-refractivity contribution in [3.05, 3.63) is 57.8 Å². The predicted molar refractivity (Wildman–Crippen MR) is 79.0 cm³/mol. The molecule has 0 aromatic heterocycles. The van der Waals surface area contributed by atoms with Crippen molar-refractivity contribution in [2.24, 2.45) is 0 Å². The van der Waals surface area contributed by atoms with Gasteiger partial charge >= 0.3 is 0 Å². The average Bonchev–Trinajstić information content (AvgIpc) is 2.33. The van der Waals surface area contributed by atoms with Crippen molar-refractivity contribution in [1.82, 2.24) is 0 Å². The highest BCUT2D eigenvalue weighted by atomic mass is 79.9. The zero-order valence-corrected chi connectivity index (χ0v) is 12.3. The summed E-state index contributed by atoms with van der Waals surface area (Å²) in [6.07, 6.45) is 0. The van der Waals surface area contributed by atoms with Gasteiger partial charge in [0.25, 0.3) is 0 Å². The van der Waals surface area contributed by atoms with Crippen molar-refractivity contribution in [1.29, 1.82) is 0 Å². The Morgan fingerprint density at radius 1 is 1.21 bits per heavy atom. The number of halogens is 2. The summed E-state index contributed by atoms with van der Waals surface area (Å²) in [5.74, 6) is -0.471. The van der Waals surface area contributed by atoms with Crippen LogP contribution in [0.4, 0.5) is 10.1 Å². The molecule has 0 spiro atoms. The molecule has 0 bridgehead atoms. The van der Waals surface area contributed by atoms with Crippen LogP contribution in [0.5, 0.6) is 5.75 Å². The molecule has 2 aromatic carbocycles. The molecule has 0 saturated carbocycles. The van der Waals surface area contributed by atoms with Crippen LogP contribution in [0.25, 0.3) is 0 Å². The highest BCUT2D eigenvalue weighted by molar-refractivity contribution is 9.10. The fourth-order valence-corrected chi connectivity index (χ4v) is 2.18. The third-order valence-corrected chi connectivity index (χ3v) is 3.88. The molecule has 0 fully saturated rings. The summed E-state index contributed by atoms with van der Waals surface area (Å²) in [5, 5.41) is 12.5. The second-order valence-corrected chi connectivity index (χ2v) is 5.39. The average molecular weight is 324 g/mol. The Labute approximate surface area is 120 Å². The van der Waals surface area contributed by atoms with Gasteiger partial charge in [-0.15, -0.1) is 0 Å². The number of phenolic OH excluding ortho intramolecular Hbond substituents is 1. The van der Waals surface area contributed by atoms with E-state index < -0.39 is 5.82 Å². The quantitative estimate of drug-likeness (QED) is 0.852. The fraction of sp³-hybridized carbons (Fsp3) is 0.200. The molecule has 2 aromatic rings. The zero-order valence-electron chi connectivity index (χ0n) is 10.7. The van der Waals surface area contributed by atoms with E-state index >= 15 is 0 Å². The molecule has 0 heterocycles. The lowest BCUT2D eigenvalue weighted by Crippen LogP contribution is -2.08. The molecule has 0 saturated heterocycles. The van der Waals surface area contributed by atoms with Gasteiger partial charge in [0.1, 0.15) is 11.6 Å². The van der Waals surface area contributed by atoms with Gasteiger partial charge in [-0.2, -0.15) is 0 Å². The maximum Gasteiger partial charge on any atom is 0.132 e. The van der Waals surface area contributed by atoms with Gasteiger partial charge in [-0.25, -0.2) is 4.39 Å². The number of aryl methyl sites for hydroxylation is 1. The van der Waals surface area contributed by atoms with Crippen molar-refractivity contribution < 1.29 is 9.50 Å². The molecular weight excluding hydrogens is 309 g/mol. The van der Waals surface area contributed by atoms with E-state index in [1.807, 2.05) is 32.0 Å². The van der Waals surface area contributed by atoms with Crippen LogP contribution in [-0.4, -0.2) is 5.11 Å². The number of hydrogen-bond donors (Lipinski definition) is 2. The molecule has 0 aliphatic carbocycles. The van der Waals surface area contributed by atoms with E-state index in [4.69, 9.17) is 0 Å². The van der Waals surface area contributed by atoms with Crippen molar-refractivity contribution >= 4 is 21.6 Å². The standard InChI is InChI=1S/C15H15BrFNO/c1-9-7-11(3-6-14(9)16)18-10(2)13-5-4-12(19)8-15(13)17/h3-8,10,18-19H,1-2H3. The molecule has 0 aliphatic rings. The number of phenols is 1. The molecule has 4 heteroatoms. The summed E-state index contributed by atoms with van der Waals surface area (Å²) in [6.45, 7) is 3.88. The van der Waals surface area contributed by atoms with Crippen LogP contribution in [0.2, 0.25) is 0 Å². The summed E-state index contributed by atoms with van der Waals surface area (Å²) < 4.78 is 14.8. The molecule has 100 valence electrons. The van der Waals surface area contributed by atoms with Crippen molar-refractivity contribution in [3.8, 4) is 5.75 Å². The maximum atomic E-state index is 13.7. The number of aromatic hydroxyl groups is 1. The van der Waals surface area contributed by atoms with Gasteiger partial charge in [0.2, 0.25) is 0 Å². The molecular formula is C15H15BrFNO. The topological polar surface area (TPSA) is 32.3 Å². The summed E-state index contributed by atoms with van der Waals surface area (Å²) in [6, 6.07) is 9.92. The zero-order chi connectivity index (χ0) is 14.0.